The number of nitrogens with zero attached hydrogens (tertiary/aromatic N) is 1. The number of pyridine rings is 1. The van der Waals surface area contributed by atoms with Crippen LogP contribution in [-0.2, 0) is 19.1 Å². The van der Waals surface area contributed by atoms with Gasteiger partial charge >= 0.3 is 11.9 Å². The molecular weight excluding hydrogens is 402 g/mol. The summed E-state index contributed by atoms with van der Waals surface area (Å²) in [6.45, 7) is 11.3. The minimum absolute atomic E-state index is 0.0546. The van der Waals surface area contributed by atoms with Crippen molar-refractivity contribution >= 4 is 17.7 Å². The van der Waals surface area contributed by atoms with Crippen LogP contribution < -0.4 is 9.47 Å². The number of methoxy groups -OCH3 is 1. The predicted molar refractivity (Wildman–Crippen MR) is 115 cm³/mol. The van der Waals surface area contributed by atoms with Crippen molar-refractivity contribution in [3.8, 4) is 11.5 Å². The fourth-order valence-corrected chi connectivity index (χ4v) is 3.02. The van der Waals surface area contributed by atoms with Crippen molar-refractivity contribution in [2.45, 2.75) is 73.0 Å². The zero-order chi connectivity index (χ0) is 23.6. The quantitative estimate of drug-likeness (QED) is 0.259. The SMILES string of the molecule is CCCCO[C@@H](C)[C@H](OC(=O)[C@H](C)CC(=O)c1nccc(OC)c1OC(C)=O)C(C)C. The number of unbranched alkanes of at least 4 members (excludes halogenated alkanes) is 1. The molecule has 1 heterocycles. The highest BCUT2D eigenvalue weighted by Crippen LogP contribution is 2.31. The van der Waals surface area contributed by atoms with E-state index in [-0.39, 0.29) is 35.6 Å². The summed E-state index contributed by atoms with van der Waals surface area (Å²) in [5, 5.41) is 0. The molecule has 0 bridgehead atoms. The molecular formula is C23H35NO7. The van der Waals surface area contributed by atoms with Gasteiger partial charge in [0.1, 0.15) is 6.10 Å². The molecule has 0 aromatic carbocycles. The van der Waals surface area contributed by atoms with Crippen molar-refractivity contribution in [3.05, 3.63) is 18.0 Å². The average molecular weight is 438 g/mol. The van der Waals surface area contributed by atoms with Crippen molar-refractivity contribution in [1.82, 2.24) is 4.98 Å². The van der Waals surface area contributed by atoms with E-state index < -0.39 is 29.7 Å². The van der Waals surface area contributed by atoms with Gasteiger partial charge in [0, 0.05) is 32.2 Å². The van der Waals surface area contributed by atoms with E-state index in [4.69, 9.17) is 18.9 Å². The summed E-state index contributed by atoms with van der Waals surface area (Å²) in [5.74, 6) is -2.05. The fraction of sp³-hybridized carbons (Fsp3) is 0.652. The first-order valence-corrected chi connectivity index (χ1v) is 10.7. The Balaban J connectivity index is 2.88. The number of ether oxygens (including phenoxy) is 4. The molecule has 0 saturated heterocycles. The maximum absolute atomic E-state index is 12.8. The maximum Gasteiger partial charge on any atom is 0.309 e. The van der Waals surface area contributed by atoms with E-state index in [9.17, 15) is 14.4 Å². The van der Waals surface area contributed by atoms with Crippen LogP contribution in [0.25, 0.3) is 0 Å². The summed E-state index contributed by atoms with van der Waals surface area (Å²) in [5.41, 5.74) is -0.0640. The Labute approximate surface area is 184 Å². The van der Waals surface area contributed by atoms with Crippen LogP contribution in [0.2, 0.25) is 0 Å². The minimum Gasteiger partial charge on any atom is -0.493 e. The summed E-state index contributed by atoms with van der Waals surface area (Å²) in [6.07, 6.45) is 2.51. The molecule has 8 heteroatoms. The van der Waals surface area contributed by atoms with Gasteiger partial charge in [-0.2, -0.15) is 0 Å². The molecule has 0 spiro atoms. The number of ketones is 1. The predicted octanol–water partition coefficient (Wildman–Crippen LogP) is 4.00. The van der Waals surface area contributed by atoms with Gasteiger partial charge in [-0.05, 0) is 19.3 Å². The second-order valence-electron chi connectivity index (χ2n) is 7.89. The Kier molecular flexibility index (Phi) is 11.2. The van der Waals surface area contributed by atoms with Gasteiger partial charge in [0.15, 0.2) is 17.2 Å². The highest BCUT2D eigenvalue weighted by molar-refractivity contribution is 5.99. The topological polar surface area (TPSA) is 101 Å². The average Bonchev–Trinajstić information content (AvgIpc) is 2.71. The summed E-state index contributed by atoms with van der Waals surface area (Å²) in [7, 11) is 1.40. The van der Waals surface area contributed by atoms with Gasteiger partial charge in [0.2, 0.25) is 5.75 Å². The molecule has 0 unspecified atom stereocenters. The molecule has 0 fully saturated rings. The van der Waals surface area contributed by atoms with Crippen LogP contribution >= 0.6 is 0 Å². The molecule has 0 amide bonds. The molecule has 3 atom stereocenters. The lowest BCUT2D eigenvalue weighted by atomic mass is 10.00. The summed E-state index contributed by atoms with van der Waals surface area (Å²) >= 11 is 0. The molecule has 0 saturated carbocycles. The number of Topliss-reactive ketones (excluding diaryl/α,β-unsaturated/α-hetero) is 1. The Bertz CT molecular complexity index is 747. The van der Waals surface area contributed by atoms with Crippen LogP contribution in [0.1, 0.15) is 71.3 Å². The van der Waals surface area contributed by atoms with E-state index in [1.165, 1.54) is 26.3 Å². The van der Waals surface area contributed by atoms with Gasteiger partial charge in [-0.25, -0.2) is 4.98 Å². The second kappa shape index (κ2) is 13.0. The van der Waals surface area contributed by atoms with Crippen LogP contribution in [0.3, 0.4) is 0 Å². The number of rotatable bonds is 13. The van der Waals surface area contributed by atoms with Gasteiger partial charge in [0.25, 0.3) is 0 Å². The number of esters is 2. The largest absolute Gasteiger partial charge is 0.493 e. The van der Waals surface area contributed by atoms with Crippen LogP contribution in [0.4, 0.5) is 0 Å². The highest BCUT2D eigenvalue weighted by Gasteiger charge is 2.30. The molecule has 8 nitrogen and oxygen atoms in total. The first-order valence-electron chi connectivity index (χ1n) is 10.7. The third-order valence-electron chi connectivity index (χ3n) is 4.74. The smallest absolute Gasteiger partial charge is 0.309 e. The van der Waals surface area contributed by atoms with Crippen molar-refractivity contribution < 1.29 is 33.3 Å². The van der Waals surface area contributed by atoms with Crippen molar-refractivity contribution in [3.63, 3.8) is 0 Å². The third-order valence-corrected chi connectivity index (χ3v) is 4.74. The number of aromatic nitrogens is 1. The van der Waals surface area contributed by atoms with Gasteiger partial charge < -0.3 is 18.9 Å². The van der Waals surface area contributed by atoms with E-state index in [0.29, 0.717) is 6.61 Å². The van der Waals surface area contributed by atoms with Gasteiger partial charge in [0.05, 0.1) is 19.1 Å². The zero-order valence-corrected chi connectivity index (χ0v) is 19.6. The van der Waals surface area contributed by atoms with Crippen LogP contribution in [0, 0.1) is 11.8 Å². The van der Waals surface area contributed by atoms with E-state index in [1.807, 2.05) is 20.8 Å². The van der Waals surface area contributed by atoms with Crippen LogP contribution in [0.15, 0.2) is 12.3 Å². The lowest BCUT2D eigenvalue weighted by Crippen LogP contribution is -2.37. The van der Waals surface area contributed by atoms with Gasteiger partial charge in [-0.15, -0.1) is 0 Å². The Morgan fingerprint density at radius 2 is 1.81 bits per heavy atom. The lowest BCUT2D eigenvalue weighted by molar-refractivity contribution is -0.165. The fourth-order valence-electron chi connectivity index (χ4n) is 3.02. The first-order chi connectivity index (χ1) is 14.6. The maximum atomic E-state index is 12.8. The molecule has 31 heavy (non-hydrogen) atoms. The number of hydrogen-bond acceptors (Lipinski definition) is 8. The number of carbonyl (C=O) groups is 3. The molecule has 1 aromatic heterocycles. The Morgan fingerprint density at radius 1 is 1.13 bits per heavy atom. The zero-order valence-electron chi connectivity index (χ0n) is 19.6. The molecule has 0 aliphatic rings. The van der Waals surface area contributed by atoms with Gasteiger partial charge in [-0.1, -0.05) is 34.1 Å². The van der Waals surface area contributed by atoms with E-state index in [0.717, 1.165) is 12.8 Å². The Morgan fingerprint density at radius 3 is 2.35 bits per heavy atom. The van der Waals surface area contributed by atoms with Gasteiger partial charge in [-0.3, -0.25) is 14.4 Å². The standard InChI is InChI=1S/C23H35NO7/c1-8-9-12-29-16(5)21(14(2)3)31-23(27)15(4)13-18(26)20-22(30-17(6)25)19(28-7)10-11-24-20/h10-11,14-16,21H,8-9,12-13H2,1-7H3/t15-,16+,21-/m1/s1. The molecule has 0 aliphatic carbocycles. The number of hydrogen-bond donors (Lipinski definition) is 0. The minimum atomic E-state index is -0.713. The lowest BCUT2D eigenvalue weighted by Gasteiger charge is -2.28. The molecule has 0 aliphatic heterocycles. The second-order valence-corrected chi connectivity index (χ2v) is 7.89. The Hall–Kier alpha value is -2.48. The summed E-state index contributed by atoms with van der Waals surface area (Å²) < 4.78 is 21.8. The molecule has 0 N–H and O–H groups in total. The summed E-state index contributed by atoms with van der Waals surface area (Å²) in [4.78, 5) is 41.0. The highest BCUT2D eigenvalue weighted by atomic mass is 16.6. The monoisotopic (exact) mass is 437 g/mol. The van der Waals surface area contributed by atoms with Crippen molar-refractivity contribution in [1.29, 1.82) is 0 Å². The normalized spacial score (nSPS) is 13.9. The molecule has 0 radical (unpaired) electrons. The van der Waals surface area contributed by atoms with E-state index in [1.54, 1.807) is 6.92 Å². The molecule has 1 rings (SSSR count). The van der Waals surface area contributed by atoms with E-state index >= 15 is 0 Å². The van der Waals surface area contributed by atoms with Crippen LogP contribution in [0.5, 0.6) is 11.5 Å². The third kappa shape index (κ3) is 8.28. The first kappa shape index (κ1) is 26.6. The molecule has 1 aromatic rings. The van der Waals surface area contributed by atoms with Crippen LogP contribution in [-0.4, -0.2) is 48.6 Å². The van der Waals surface area contributed by atoms with E-state index in [2.05, 4.69) is 11.9 Å². The summed E-state index contributed by atoms with van der Waals surface area (Å²) in [6, 6.07) is 1.49. The molecule has 174 valence electrons. The van der Waals surface area contributed by atoms with Crippen molar-refractivity contribution in [2.75, 3.05) is 13.7 Å². The van der Waals surface area contributed by atoms with Crippen molar-refractivity contribution in [2.24, 2.45) is 11.8 Å². The number of carbonyl (C=O) groups excluding carboxylic acids is 3.